The van der Waals surface area contributed by atoms with Gasteiger partial charge in [0, 0.05) is 15.3 Å². The maximum absolute atomic E-state index is 13.9. The Morgan fingerprint density at radius 3 is 2.61 bits per heavy atom. The molecule has 2 rings (SSSR count). The lowest BCUT2D eigenvalue weighted by Gasteiger charge is -2.18. The molecule has 0 aliphatic rings. The van der Waals surface area contributed by atoms with Gasteiger partial charge < -0.3 is 5.32 Å². The van der Waals surface area contributed by atoms with E-state index in [4.69, 9.17) is 0 Å². The van der Waals surface area contributed by atoms with E-state index in [0.29, 0.717) is 0 Å². The fourth-order valence-corrected chi connectivity index (χ4v) is 2.94. The van der Waals surface area contributed by atoms with E-state index in [2.05, 4.69) is 31.3 Å². The summed E-state index contributed by atoms with van der Waals surface area (Å²) in [7, 11) is 0. The molecule has 2 aromatic rings. The third-order valence-corrected chi connectivity index (χ3v) is 3.93. The standard InChI is InChI=1S/C15H18FNS/c1-3-10-17-15(14-9-8-11(2)18-14)12-6-4-5-7-13(12)16/h4-9,15,17H,3,10H2,1-2H3. The maximum Gasteiger partial charge on any atom is 0.128 e. The molecule has 1 nitrogen and oxygen atoms in total. The minimum absolute atomic E-state index is 0.0372. The predicted molar refractivity (Wildman–Crippen MR) is 75.6 cm³/mol. The highest BCUT2D eigenvalue weighted by molar-refractivity contribution is 7.12. The Kier molecular flexibility index (Phi) is 4.50. The van der Waals surface area contributed by atoms with Gasteiger partial charge in [-0.2, -0.15) is 0 Å². The van der Waals surface area contributed by atoms with E-state index < -0.39 is 0 Å². The van der Waals surface area contributed by atoms with Crippen LogP contribution in [0, 0.1) is 12.7 Å². The summed E-state index contributed by atoms with van der Waals surface area (Å²) in [5.74, 6) is -0.142. The van der Waals surface area contributed by atoms with Crippen LogP contribution in [0.15, 0.2) is 36.4 Å². The monoisotopic (exact) mass is 263 g/mol. The van der Waals surface area contributed by atoms with Crippen molar-refractivity contribution in [2.75, 3.05) is 6.54 Å². The largest absolute Gasteiger partial charge is 0.306 e. The molecule has 1 atom stereocenters. The van der Waals surface area contributed by atoms with Gasteiger partial charge in [-0.1, -0.05) is 25.1 Å². The highest BCUT2D eigenvalue weighted by atomic mass is 32.1. The van der Waals surface area contributed by atoms with Gasteiger partial charge in [-0.05, 0) is 38.1 Å². The highest BCUT2D eigenvalue weighted by Gasteiger charge is 2.18. The van der Waals surface area contributed by atoms with Crippen LogP contribution in [0.4, 0.5) is 4.39 Å². The Hall–Kier alpha value is -1.19. The second kappa shape index (κ2) is 6.12. The van der Waals surface area contributed by atoms with E-state index >= 15 is 0 Å². The summed E-state index contributed by atoms with van der Waals surface area (Å²) >= 11 is 1.72. The Morgan fingerprint density at radius 1 is 1.22 bits per heavy atom. The first-order chi connectivity index (χ1) is 8.72. The van der Waals surface area contributed by atoms with Gasteiger partial charge in [0.2, 0.25) is 0 Å². The Balaban J connectivity index is 2.33. The van der Waals surface area contributed by atoms with Crippen LogP contribution in [0.2, 0.25) is 0 Å². The van der Waals surface area contributed by atoms with Gasteiger partial charge in [-0.3, -0.25) is 0 Å². The molecule has 1 unspecified atom stereocenters. The summed E-state index contributed by atoms with van der Waals surface area (Å²) in [5, 5.41) is 3.43. The third kappa shape index (κ3) is 2.98. The summed E-state index contributed by atoms with van der Waals surface area (Å²) in [4.78, 5) is 2.43. The highest BCUT2D eigenvalue weighted by Crippen LogP contribution is 2.29. The Bertz CT molecular complexity index is 507. The van der Waals surface area contributed by atoms with Crippen molar-refractivity contribution < 1.29 is 4.39 Å². The van der Waals surface area contributed by atoms with Crippen LogP contribution in [-0.4, -0.2) is 6.54 Å². The van der Waals surface area contributed by atoms with Crippen molar-refractivity contribution >= 4 is 11.3 Å². The lowest BCUT2D eigenvalue weighted by molar-refractivity contribution is 0.551. The van der Waals surface area contributed by atoms with Crippen molar-refractivity contribution in [1.29, 1.82) is 0 Å². The van der Waals surface area contributed by atoms with E-state index in [1.54, 1.807) is 17.4 Å². The normalized spacial score (nSPS) is 12.6. The number of rotatable bonds is 5. The second-order valence-corrected chi connectivity index (χ2v) is 5.68. The molecule has 18 heavy (non-hydrogen) atoms. The van der Waals surface area contributed by atoms with Gasteiger partial charge in [0.25, 0.3) is 0 Å². The van der Waals surface area contributed by atoms with Gasteiger partial charge in [0.05, 0.1) is 6.04 Å². The molecule has 0 amide bonds. The minimum Gasteiger partial charge on any atom is -0.306 e. The molecule has 0 bridgehead atoms. The lowest BCUT2D eigenvalue weighted by Crippen LogP contribution is -2.23. The molecule has 0 saturated carbocycles. The molecule has 0 radical (unpaired) electrons. The summed E-state index contributed by atoms with van der Waals surface area (Å²) in [5.41, 5.74) is 0.729. The molecule has 1 aromatic heterocycles. The van der Waals surface area contributed by atoms with Gasteiger partial charge in [-0.15, -0.1) is 11.3 Å². The van der Waals surface area contributed by atoms with Crippen LogP contribution in [-0.2, 0) is 0 Å². The molecule has 96 valence electrons. The van der Waals surface area contributed by atoms with Gasteiger partial charge in [0.1, 0.15) is 5.82 Å². The second-order valence-electron chi connectivity index (χ2n) is 4.36. The Labute approximate surface area is 112 Å². The number of hydrogen-bond donors (Lipinski definition) is 1. The maximum atomic E-state index is 13.9. The van der Waals surface area contributed by atoms with Crippen LogP contribution in [0.25, 0.3) is 0 Å². The van der Waals surface area contributed by atoms with Crippen LogP contribution < -0.4 is 5.32 Å². The average molecular weight is 263 g/mol. The van der Waals surface area contributed by atoms with E-state index in [1.165, 1.54) is 15.8 Å². The average Bonchev–Trinajstić information content (AvgIpc) is 2.78. The molecule has 0 aliphatic heterocycles. The summed E-state index contributed by atoms with van der Waals surface area (Å²) in [6.45, 7) is 5.08. The van der Waals surface area contributed by atoms with E-state index in [-0.39, 0.29) is 11.9 Å². The van der Waals surface area contributed by atoms with Crippen molar-refractivity contribution in [2.45, 2.75) is 26.3 Å². The van der Waals surface area contributed by atoms with E-state index in [1.807, 2.05) is 12.1 Å². The third-order valence-electron chi connectivity index (χ3n) is 2.86. The van der Waals surface area contributed by atoms with Gasteiger partial charge >= 0.3 is 0 Å². The topological polar surface area (TPSA) is 12.0 Å². The quantitative estimate of drug-likeness (QED) is 0.848. The fourth-order valence-electron chi connectivity index (χ4n) is 1.97. The molecular weight excluding hydrogens is 245 g/mol. The number of nitrogens with one attached hydrogen (secondary N) is 1. The number of halogens is 1. The molecule has 3 heteroatoms. The smallest absolute Gasteiger partial charge is 0.128 e. The number of aryl methyl sites for hydroxylation is 1. The fraction of sp³-hybridized carbons (Fsp3) is 0.333. The van der Waals surface area contributed by atoms with Crippen LogP contribution >= 0.6 is 11.3 Å². The summed E-state index contributed by atoms with van der Waals surface area (Å²) < 4.78 is 13.9. The lowest BCUT2D eigenvalue weighted by atomic mass is 10.0. The van der Waals surface area contributed by atoms with Crippen LogP contribution in [0.1, 0.15) is 34.7 Å². The van der Waals surface area contributed by atoms with Crippen LogP contribution in [0.5, 0.6) is 0 Å². The van der Waals surface area contributed by atoms with E-state index in [0.717, 1.165) is 18.5 Å². The molecule has 1 aromatic carbocycles. The van der Waals surface area contributed by atoms with Crippen molar-refractivity contribution in [3.05, 3.63) is 57.5 Å². The SMILES string of the molecule is CCCNC(c1ccc(C)s1)c1ccccc1F. The first-order valence-corrected chi connectivity index (χ1v) is 7.08. The Morgan fingerprint density at radius 2 is 2.00 bits per heavy atom. The zero-order valence-electron chi connectivity index (χ0n) is 10.7. The molecule has 0 fully saturated rings. The van der Waals surface area contributed by atoms with Gasteiger partial charge in [-0.25, -0.2) is 4.39 Å². The first-order valence-electron chi connectivity index (χ1n) is 6.26. The minimum atomic E-state index is -0.142. The zero-order valence-corrected chi connectivity index (χ0v) is 11.6. The molecule has 1 N–H and O–H groups in total. The molecule has 0 saturated heterocycles. The van der Waals surface area contributed by atoms with E-state index in [9.17, 15) is 4.39 Å². The van der Waals surface area contributed by atoms with Gasteiger partial charge in [0.15, 0.2) is 0 Å². The number of hydrogen-bond acceptors (Lipinski definition) is 2. The molecule has 0 aliphatic carbocycles. The van der Waals surface area contributed by atoms with Crippen LogP contribution in [0.3, 0.4) is 0 Å². The molecular formula is C15H18FNS. The van der Waals surface area contributed by atoms with Crippen molar-refractivity contribution in [1.82, 2.24) is 5.32 Å². The number of benzene rings is 1. The zero-order chi connectivity index (χ0) is 13.0. The number of thiophene rings is 1. The first kappa shape index (κ1) is 13.2. The summed E-state index contributed by atoms with van der Waals surface area (Å²) in [6.07, 6.45) is 1.04. The van der Waals surface area contributed by atoms with Crippen molar-refractivity contribution in [3.63, 3.8) is 0 Å². The van der Waals surface area contributed by atoms with Crippen molar-refractivity contribution in [3.8, 4) is 0 Å². The predicted octanol–water partition coefficient (Wildman–Crippen LogP) is 4.28. The van der Waals surface area contributed by atoms with Crippen molar-refractivity contribution in [2.24, 2.45) is 0 Å². The molecule has 1 heterocycles. The molecule has 0 spiro atoms. The summed E-state index contributed by atoms with van der Waals surface area (Å²) in [6, 6.07) is 11.1.